The fourth-order valence-electron chi connectivity index (χ4n) is 1.37. The molecule has 0 aliphatic rings. The van der Waals surface area contributed by atoms with Gasteiger partial charge in [-0.05, 0) is 50.1 Å². The molecule has 0 fully saturated rings. The van der Waals surface area contributed by atoms with E-state index in [0.29, 0.717) is 19.5 Å². The molecule has 8 heteroatoms. The van der Waals surface area contributed by atoms with Gasteiger partial charge < -0.3 is 5.11 Å². The molecule has 0 saturated heterocycles. The van der Waals surface area contributed by atoms with Gasteiger partial charge in [0.2, 0.25) is 0 Å². The molecule has 0 aliphatic carbocycles. The van der Waals surface area contributed by atoms with Gasteiger partial charge in [-0.1, -0.05) is 6.07 Å². The van der Waals surface area contributed by atoms with Crippen molar-refractivity contribution in [3.05, 3.63) is 43.5 Å². The quantitative estimate of drug-likeness (QED) is 0.785. The second-order valence-electron chi connectivity index (χ2n) is 3.61. The van der Waals surface area contributed by atoms with Crippen LogP contribution >= 0.6 is 43.2 Å². The van der Waals surface area contributed by atoms with Crippen molar-refractivity contribution in [3.8, 4) is 0 Å². The summed E-state index contributed by atoms with van der Waals surface area (Å²) < 4.78 is 28.2. The monoisotopic (exact) mass is 425 g/mol. The molecule has 0 aliphatic heterocycles. The predicted molar refractivity (Wildman–Crippen MR) is 82.9 cm³/mol. The summed E-state index contributed by atoms with van der Waals surface area (Å²) in [5.41, 5.74) is 0.444. The molecule has 2 N–H and O–H groups in total. The van der Waals surface area contributed by atoms with Gasteiger partial charge in [-0.25, -0.2) is 8.42 Å². The van der Waals surface area contributed by atoms with Gasteiger partial charge in [0.1, 0.15) is 0 Å². The Morgan fingerprint density at radius 1 is 1.26 bits per heavy atom. The molecule has 1 aromatic heterocycles. The van der Waals surface area contributed by atoms with E-state index in [1.165, 1.54) is 22.8 Å². The first-order chi connectivity index (χ1) is 8.94. The molecule has 102 valence electrons. The number of aliphatic hydroxyl groups excluding tert-OH is 1. The van der Waals surface area contributed by atoms with Crippen molar-refractivity contribution in [3.63, 3.8) is 0 Å². The zero-order valence-corrected chi connectivity index (χ0v) is 14.2. The Morgan fingerprint density at radius 2 is 1.89 bits per heavy atom. The van der Waals surface area contributed by atoms with Gasteiger partial charge in [-0.3, -0.25) is 4.72 Å². The number of halogens is 2. The topological polar surface area (TPSA) is 66.4 Å². The van der Waals surface area contributed by atoms with Gasteiger partial charge in [0, 0.05) is 19.2 Å². The fourth-order valence-corrected chi connectivity index (χ4v) is 5.07. The molecule has 19 heavy (non-hydrogen) atoms. The zero-order valence-electron chi connectivity index (χ0n) is 9.43. The van der Waals surface area contributed by atoms with Gasteiger partial charge in [-0.15, -0.1) is 11.3 Å². The van der Waals surface area contributed by atoms with E-state index in [9.17, 15) is 8.42 Å². The minimum Gasteiger partial charge on any atom is -0.391 e. The number of sulfonamides is 1. The van der Waals surface area contributed by atoms with Crippen LogP contribution in [0.15, 0.2) is 43.5 Å². The van der Waals surface area contributed by atoms with Crippen LogP contribution in [-0.2, 0) is 16.6 Å². The van der Waals surface area contributed by atoms with Gasteiger partial charge in [-0.2, -0.15) is 0 Å². The Balaban J connectivity index is 2.36. The van der Waals surface area contributed by atoms with E-state index >= 15 is 0 Å². The lowest BCUT2D eigenvalue weighted by molar-refractivity contribution is 0.285. The average Bonchev–Trinajstić information content (AvgIpc) is 2.83. The first kappa shape index (κ1) is 15.0. The third-order valence-electron chi connectivity index (χ3n) is 2.30. The zero-order chi connectivity index (χ0) is 14.0. The maximum absolute atomic E-state index is 12.2. The maximum Gasteiger partial charge on any atom is 0.262 e. The summed E-state index contributed by atoms with van der Waals surface area (Å²) in [7, 11) is -3.66. The number of anilines is 1. The number of aliphatic hydroxyl groups is 1. The summed E-state index contributed by atoms with van der Waals surface area (Å²) in [6.07, 6.45) is 0. The smallest absolute Gasteiger partial charge is 0.262 e. The Bertz CT molecular complexity index is 677. The summed E-state index contributed by atoms with van der Waals surface area (Å²) in [5.74, 6) is 0. The van der Waals surface area contributed by atoms with Gasteiger partial charge in [0.25, 0.3) is 10.0 Å². The van der Waals surface area contributed by atoms with Crippen LogP contribution in [0.1, 0.15) is 4.88 Å². The molecule has 0 bridgehead atoms. The molecule has 2 aromatic rings. The van der Waals surface area contributed by atoms with Crippen molar-refractivity contribution in [2.24, 2.45) is 0 Å². The summed E-state index contributed by atoms with van der Waals surface area (Å²) in [6, 6.07) is 6.74. The molecule has 4 nitrogen and oxygen atoms in total. The third-order valence-corrected chi connectivity index (χ3v) is 6.02. The van der Waals surface area contributed by atoms with E-state index in [4.69, 9.17) is 5.11 Å². The predicted octanol–water partition coefficient (Wildman–Crippen LogP) is 3.57. The van der Waals surface area contributed by atoms with Crippen LogP contribution in [-0.4, -0.2) is 13.5 Å². The second-order valence-corrected chi connectivity index (χ2v) is 8.00. The minimum atomic E-state index is -3.66. The Hall–Kier alpha value is -0.410. The molecule has 0 amide bonds. The minimum absolute atomic E-state index is 0.143. The average molecular weight is 427 g/mol. The lowest BCUT2D eigenvalue weighted by atomic mass is 10.3. The summed E-state index contributed by atoms with van der Waals surface area (Å²) in [5, 5.41) is 10.5. The largest absolute Gasteiger partial charge is 0.391 e. The first-order valence-electron chi connectivity index (χ1n) is 5.09. The van der Waals surface area contributed by atoms with Gasteiger partial charge in [0.15, 0.2) is 0 Å². The van der Waals surface area contributed by atoms with E-state index in [1.54, 1.807) is 18.2 Å². The Morgan fingerprint density at radius 3 is 2.42 bits per heavy atom. The van der Waals surface area contributed by atoms with Crippen molar-refractivity contribution >= 4 is 58.9 Å². The standard InChI is InChI=1S/C11H9Br2NO3S2/c12-9-2-1-3-10(13)11(9)14-19(16,17)8-4-7(5-15)18-6-8/h1-4,6,14-15H,5H2. The van der Waals surface area contributed by atoms with Crippen molar-refractivity contribution in [2.45, 2.75) is 11.5 Å². The number of rotatable bonds is 4. The van der Waals surface area contributed by atoms with E-state index in [1.807, 2.05) is 0 Å². The highest BCUT2D eigenvalue weighted by atomic mass is 79.9. The van der Waals surface area contributed by atoms with Crippen LogP contribution < -0.4 is 4.72 Å². The lowest BCUT2D eigenvalue weighted by Gasteiger charge is -2.10. The number of hydrogen-bond donors (Lipinski definition) is 2. The molecule has 2 rings (SSSR count). The molecular formula is C11H9Br2NO3S2. The van der Waals surface area contributed by atoms with Crippen LogP contribution in [0.25, 0.3) is 0 Å². The molecule has 1 aromatic carbocycles. The number of thiophene rings is 1. The van der Waals surface area contributed by atoms with Crippen molar-refractivity contribution in [2.75, 3.05) is 4.72 Å². The van der Waals surface area contributed by atoms with E-state index < -0.39 is 10.0 Å². The normalized spacial score (nSPS) is 11.5. The van der Waals surface area contributed by atoms with Gasteiger partial charge >= 0.3 is 0 Å². The maximum atomic E-state index is 12.2. The molecular weight excluding hydrogens is 418 g/mol. The molecule has 0 atom stereocenters. The van der Waals surface area contributed by atoms with Crippen molar-refractivity contribution < 1.29 is 13.5 Å². The summed E-state index contributed by atoms with van der Waals surface area (Å²) in [4.78, 5) is 0.746. The lowest BCUT2D eigenvalue weighted by Crippen LogP contribution is -2.13. The number of hydrogen-bond acceptors (Lipinski definition) is 4. The molecule has 0 unspecified atom stereocenters. The Kier molecular flexibility index (Phi) is 4.67. The number of para-hydroxylation sites is 1. The van der Waals surface area contributed by atoms with Crippen LogP contribution in [0, 0.1) is 0 Å². The summed E-state index contributed by atoms with van der Waals surface area (Å²) >= 11 is 7.80. The Labute approximate surface area is 131 Å². The third kappa shape index (κ3) is 3.38. The molecule has 1 heterocycles. The van der Waals surface area contributed by atoms with Crippen LogP contribution in [0.2, 0.25) is 0 Å². The van der Waals surface area contributed by atoms with E-state index in [0.717, 1.165) is 0 Å². The van der Waals surface area contributed by atoms with Crippen LogP contribution in [0.5, 0.6) is 0 Å². The van der Waals surface area contributed by atoms with E-state index in [2.05, 4.69) is 36.6 Å². The van der Waals surface area contributed by atoms with Crippen LogP contribution in [0.4, 0.5) is 5.69 Å². The second kappa shape index (κ2) is 5.92. The molecule has 0 spiro atoms. The van der Waals surface area contributed by atoms with Gasteiger partial charge in [0.05, 0.1) is 17.2 Å². The van der Waals surface area contributed by atoms with Crippen LogP contribution in [0.3, 0.4) is 0 Å². The molecule has 0 saturated carbocycles. The number of benzene rings is 1. The van der Waals surface area contributed by atoms with E-state index in [-0.39, 0.29) is 11.5 Å². The highest BCUT2D eigenvalue weighted by Gasteiger charge is 2.18. The highest BCUT2D eigenvalue weighted by molar-refractivity contribution is 9.11. The SMILES string of the molecule is O=S(=O)(Nc1c(Br)cccc1Br)c1csc(CO)c1. The van der Waals surface area contributed by atoms with Crippen molar-refractivity contribution in [1.82, 2.24) is 0 Å². The fraction of sp³-hybridized carbons (Fsp3) is 0.0909. The summed E-state index contributed by atoms with van der Waals surface area (Å²) in [6.45, 7) is -0.168. The highest BCUT2D eigenvalue weighted by Crippen LogP contribution is 2.33. The van der Waals surface area contributed by atoms with Crippen molar-refractivity contribution in [1.29, 1.82) is 0 Å². The first-order valence-corrected chi connectivity index (χ1v) is 9.04. The molecule has 0 radical (unpaired) electrons. The number of nitrogens with one attached hydrogen (secondary N) is 1.